The second-order valence-electron chi connectivity index (χ2n) is 12.0. The molecule has 6 heteroatoms. The van der Waals surface area contributed by atoms with Crippen LogP contribution in [0, 0.1) is 0 Å². The van der Waals surface area contributed by atoms with Gasteiger partial charge >= 0.3 is 0 Å². The zero-order valence-corrected chi connectivity index (χ0v) is 20.0. The minimum absolute atomic E-state index is 0.0740. The largest absolute Gasteiger partial charge is 0.379 e. The van der Waals surface area contributed by atoms with Crippen molar-refractivity contribution in [2.45, 2.75) is 94.4 Å². The molecule has 1 unspecified atom stereocenters. The first-order valence-corrected chi connectivity index (χ1v) is 11.5. The van der Waals surface area contributed by atoms with Crippen LogP contribution in [-0.2, 0) is 4.74 Å². The van der Waals surface area contributed by atoms with Gasteiger partial charge in [0.05, 0.1) is 17.2 Å². The van der Waals surface area contributed by atoms with Gasteiger partial charge in [-0.05, 0) is 68.0 Å². The third-order valence-corrected chi connectivity index (χ3v) is 9.08. The highest BCUT2D eigenvalue weighted by molar-refractivity contribution is 5.19. The number of hydrogen-bond donors (Lipinski definition) is 0. The van der Waals surface area contributed by atoms with Crippen molar-refractivity contribution in [3.05, 3.63) is 0 Å². The summed E-state index contributed by atoms with van der Waals surface area (Å²) in [6.07, 6.45) is 2.46. The number of hydrogen-bond acceptors (Lipinski definition) is 5. The molecule has 0 aromatic carbocycles. The number of methoxy groups -OCH3 is 1. The fraction of sp³-hybridized carbons (Fsp3) is 1.00. The number of likely N-dealkylation sites (N-methyl/N-ethyl adjacent to an activating group) is 2. The second kappa shape index (κ2) is 6.86. The van der Waals surface area contributed by atoms with Gasteiger partial charge in [-0.2, -0.15) is 0 Å². The molecule has 0 N–H and O–H groups in total. The van der Waals surface area contributed by atoms with Crippen molar-refractivity contribution in [2.75, 3.05) is 53.9 Å². The molecule has 2 spiro atoms. The van der Waals surface area contributed by atoms with E-state index in [1.165, 1.54) is 0 Å². The minimum atomic E-state index is -0.714. The van der Waals surface area contributed by atoms with E-state index in [0.717, 1.165) is 45.6 Å². The molecule has 0 aliphatic carbocycles. The van der Waals surface area contributed by atoms with Crippen LogP contribution < -0.4 is 0 Å². The van der Waals surface area contributed by atoms with E-state index in [9.17, 15) is 0 Å². The standard InChI is InChI=1S/C23H43FN4O/c1-20(2,3)27-13-22(14-27)18(24)11-17(26(22)7)12-21(4,5)28-15-23(16-28)19(29-8)9-10-25(23)6/h17-19H,9-16H2,1-8H3/t17?,18-,19+/m1/s1. The smallest absolute Gasteiger partial charge is 0.122 e. The third kappa shape index (κ3) is 3.20. The molecule has 3 atom stereocenters. The second-order valence-corrected chi connectivity index (χ2v) is 12.0. The van der Waals surface area contributed by atoms with Crippen LogP contribution in [0.15, 0.2) is 0 Å². The molecule has 168 valence electrons. The molecule has 0 amide bonds. The number of alkyl halides is 1. The zero-order chi connectivity index (χ0) is 21.4. The lowest BCUT2D eigenvalue weighted by Crippen LogP contribution is -2.76. The van der Waals surface area contributed by atoms with Crippen molar-refractivity contribution in [2.24, 2.45) is 0 Å². The Hall–Kier alpha value is -0.270. The van der Waals surface area contributed by atoms with Crippen molar-refractivity contribution in [3.63, 3.8) is 0 Å². The molecule has 0 radical (unpaired) electrons. The molecule has 4 fully saturated rings. The van der Waals surface area contributed by atoms with Gasteiger partial charge in [0, 0.05) is 57.0 Å². The third-order valence-electron chi connectivity index (χ3n) is 9.08. The van der Waals surface area contributed by atoms with Crippen LogP contribution >= 0.6 is 0 Å². The van der Waals surface area contributed by atoms with Gasteiger partial charge in [-0.25, -0.2) is 4.39 Å². The van der Waals surface area contributed by atoms with Crippen LogP contribution in [0.5, 0.6) is 0 Å². The van der Waals surface area contributed by atoms with Crippen LogP contribution in [-0.4, -0.2) is 114 Å². The van der Waals surface area contributed by atoms with E-state index in [2.05, 4.69) is 68.3 Å². The van der Waals surface area contributed by atoms with E-state index in [1.54, 1.807) is 0 Å². The Morgan fingerprint density at radius 2 is 1.55 bits per heavy atom. The van der Waals surface area contributed by atoms with Crippen molar-refractivity contribution in [1.29, 1.82) is 0 Å². The molecule has 4 rings (SSSR count). The summed E-state index contributed by atoms with van der Waals surface area (Å²) in [4.78, 5) is 9.92. The molecule has 5 nitrogen and oxygen atoms in total. The van der Waals surface area contributed by atoms with Gasteiger partial charge in [0.2, 0.25) is 0 Å². The van der Waals surface area contributed by atoms with E-state index in [1.807, 2.05) is 7.11 Å². The summed E-state index contributed by atoms with van der Waals surface area (Å²) in [5.41, 5.74) is 0.112. The van der Waals surface area contributed by atoms with E-state index in [0.29, 0.717) is 18.6 Å². The maximum Gasteiger partial charge on any atom is 0.122 e. The first-order valence-electron chi connectivity index (χ1n) is 11.5. The summed E-state index contributed by atoms with van der Waals surface area (Å²) in [5.74, 6) is 0. The molecular weight excluding hydrogens is 367 g/mol. The quantitative estimate of drug-likeness (QED) is 0.708. The lowest BCUT2D eigenvalue weighted by Gasteiger charge is -2.60. The fourth-order valence-electron chi connectivity index (χ4n) is 6.51. The normalized spacial score (nSPS) is 36.1. The van der Waals surface area contributed by atoms with Crippen LogP contribution in [0.2, 0.25) is 0 Å². The highest BCUT2D eigenvalue weighted by atomic mass is 19.1. The molecule has 0 aromatic heterocycles. The predicted molar refractivity (Wildman–Crippen MR) is 116 cm³/mol. The van der Waals surface area contributed by atoms with Gasteiger partial charge in [0.25, 0.3) is 0 Å². The molecule has 0 aromatic rings. The van der Waals surface area contributed by atoms with Crippen molar-refractivity contribution < 1.29 is 9.13 Å². The van der Waals surface area contributed by atoms with Gasteiger partial charge in [-0.1, -0.05) is 0 Å². The maximum atomic E-state index is 15.2. The van der Waals surface area contributed by atoms with E-state index >= 15 is 4.39 Å². The monoisotopic (exact) mass is 410 g/mol. The zero-order valence-electron chi connectivity index (χ0n) is 20.0. The van der Waals surface area contributed by atoms with Gasteiger partial charge in [-0.15, -0.1) is 0 Å². The molecule has 0 saturated carbocycles. The first kappa shape index (κ1) is 21.9. The van der Waals surface area contributed by atoms with Gasteiger partial charge in [-0.3, -0.25) is 19.6 Å². The Morgan fingerprint density at radius 1 is 0.966 bits per heavy atom. The average Bonchev–Trinajstić information content (AvgIpc) is 2.97. The van der Waals surface area contributed by atoms with Gasteiger partial charge < -0.3 is 4.74 Å². The Labute approximate surface area is 177 Å². The van der Waals surface area contributed by atoms with Gasteiger partial charge in [0.15, 0.2) is 0 Å². The lowest BCUT2D eigenvalue weighted by molar-refractivity contribution is -0.133. The number of halogens is 1. The predicted octanol–water partition coefficient (Wildman–Crippen LogP) is 2.46. The molecule has 4 aliphatic heterocycles. The summed E-state index contributed by atoms with van der Waals surface area (Å²) < 4.78 is 21.1. The minimum Gasteiger partial charge on any atom is -0.379 e. The van der Waals surface area contributed by atoms with Crippen molar-refractivity contribution in [3.8, 4) is 0 Å². The fourth-order valence-corrected chi connectivity index (χ4v) is 6.51. The Bertz CT molecular complexity index is 621. The number of ether oxygens (including phenoxy) is 1. The van der Waals surface area contributed by atoms with Gasteiger partial charge in [0.1, 0.15) is 6.17 Å². The molecule has 29 heavy (non-hydrogen) atoms. The SMILES string of the molecule is CO[C@H]1CCN(C)C12CN(C(C)(C)CC1C[C@@H](F)C3(CN(C(C)(C)C)C3)N1C)C2. The van der Waals surface area contributed by atoms with Crippen LogP contribution in [0.1, 0.15) is 53.9 Å². The summed E-state index contributed by atoms with van der Waals surface area (Å²) in [6.45, 7) is 16.4. The van der Waals surface area contributed by atoms with E-state index < -0.39 is 6.17 Å². The summed E-state index contributed by atoms with van der Waals surface area (Å²) in [7, 11) is 6.26. The highest BCUT2D eigenvalue weighted by Crippen LogP contribution is 2.48. The van der Waals surface area contributed by atoms with Crippen molar-refractivity contribution >= 4 is 0 Å². The Morgan fingerprint density at radius 3 is 2.10 bits per heavy atom. The number of nitrogens with zero attached hydrogens (tertiary/aromatic N) is 4. The molecule has 0 bridgehead atoms. The van der Waals surface area contributed by atoms with Crippen LogP contribution in [0.3, 0.4) is 0 Å². The lowest BCUT2D eigenvalue weighted by atomic mass is 9.78. The molecule has 4 heterocycles. The maximum absolute atomic E-state index is 15.2. The van der Waals surface area contributed by atoms with E-state index in [4.69, 9.17) is 4.74 Å². The molecule has 4 aliphatic rings. The topological polar surface area (TPSA) is 22.2 Å². The molecular formula is C23H43FN4O. The molecule has 4 saturated heterocycles. The van der Waals surface area contributed by atoms with Crippen LogP contribution in [0.4, 0.5) is 4.39 Å². The number of likely N-dealkylation sites (tertiary alicyclic amines) is 4. The van der Waals surface area contributed by atoms with Crippen molar-refractivity contribution in [1.82, 2.24) is 19.6 Å². The summed E-state index contributed by atoms with van der Waals surface area (Å²) in [5, 5.41) is 0. The summed E-state index contributed by atoms with van der Waals surface area (Å²) in [6, 6.07) is 0.318. The Kier molecular flexibility index (Phi) is 5.19. The average molecular weight is 411 g/mol. The van der Waals surface area contributed by atoms with Crippen LogP contribution in [0.25, 0.3) is 0 Å². The highest BCUT2D eigenvalue weighted by Gasteiger charge is 2.62. The number of rotatable bonds is 4. The van der Waals surface area contributed by atoms with E-state index in [-0.39, 0.29) is 22.2 Å². The summed E-state index contributed by atoms with van der Waals surface area (Å²) >= 11 is 0. The Balaban J connectivity index is 1.39. The first-order chi connectivity index (χ1) is 13.4.